The second kappa shape index (κ2) is 12.7. The van der Waals surface area contributed by atoms with E-state index < -0.39 is 46.6 Å². The fraction of sp³-hybridized carbons (Fsp3) is 1.00. The van der Waals surface area contributed by atoms with Crippen molar-refractivity contribution >= 4 is 11.8 Å². The quantitative estimate of drug-likeness (QED) is 0.139. The molecule has 0 aromatic rings. The molecule has 0 spiro atoms. The van der Waals surface area contributed by atoms with Gasteiger partial charge in [0, 0.05) is 0 Å². The van der Waals surface area contributed by atoms with Gasteiger partial charge in [-0.2, -0.15) is 11.8 Å². The molecule has 0 aromatic carbocycles. The van der Waals surface area contributed by atoms with Gasteiger partial charge in [-0.3, -0.25) is 0 Å². The van der Waals surface area contributed by atoms with Crippen LogP contribution in [0.25, 0.3) is 0 Å². The number of unbranched alkanes of at least 4 members (excludes halogenated alkanes) is 5. The van der Waals surface area contributed by atoms with Crippen LogP contribution in [-0.4, -0.2) is 83.1 Å². The summed E-state index contributed by atoms with van der Waals surface area (Å²) in [5, 5.41) is 76.2. The Labute approximate surface area is 199 Å². The van der Waals surface area contributed by atoms with E-state index in [0.29, 0.717) is 5.75 Å². The highest BCUT2D eigenvalue weighted by Crippen LogP contribution is 2.50. The van der Waals surface area contributed by atoms with Crippen LogP contribution in [-0.2, 0) is 0 Å². The number of hydrogen-bond acceptors (Lipinski definition) is 8. The molecule has 0 aliphatic rings. The van der Waals surface area contributed by atoms with E-state index in [2.05, 4.69) is 6.92 Å². The van der Waals surface area contributed by atoms with Gasteiger partial charge in [0.05, 0.1) is 12.7 Å². The summed E-state index contributed by atoms with van der Waals surface area (Å²) in [5.41, 5.74) is -8.00. The molecule has 0 aliphatic carbocycles. The highest BCUT2D eigenvalue weighted by Gasteiger charge is 2.71. The minimum atomic E-state index is -3.34. The van der Waals surface area contributed by atoms with Crippen molar-refractivity contribution in [2.45, 2.75) is 123 Å². The first kappa shape index (κ1) is 32.1. The zero-order chi connectivity index (χ0) is 25.4. The predicted molar refractivity (Wildman–Crippen MR) is 130 cm³/mol. The van der Waals surface area contributed by atoms with Crippen molar-refractivity contribution in [2.75, 3.05) is 18.1 Å². The Hall–Kier alpha value is 0.0700. The average molecular weight is 483 g/mol. The summed E-state index contributed by atoms with van der Waals surface area (Å²) >= 11 is 1.64. The molecule has 0 aromatic heterocycles. The summed E-state index contributed by atoms with van der Waals surface area (Å²) in [6.45, 7) is 9.97. The maximum atomic E-state index is 11.5. The number of rotatable bonds is 15. The van der Waals surface area contributed by atoms with Crippen LogP contribution in [0.3, 0.4) is 0 Å². The maximum absolute atomic E-state index is 11.5. The minimum absolute atomic E-state index is 0.128. The molecule has 0 aliphatic heterocycles. The van der Waals surface area contributed by atoms with E-state index in [4.69, 9.17) is 0 Å². The predicted octanol–water partition coefficient (Wildman–Crippen LogP) is 2.42. The summed E-state index contributed by atoms with van der Waals surface area (Å²) in [6, 6.07) is 0. The van der Waals surface area contributed by atoms with Gasteiger partial charge in [-0.1, -0.05) is 80.6 Å². The average Bonchev–Trinajstić information content (AvgIpc) is 2.68. The van der Waals surface area contributed by atoms with Gasteiger partial charge in [0.1, 0.15) is 11.7 Å². The molecule has 0 saturated carbocycles. The molecular weight excluding hydrogens is 432 g/mol. The third-order valence-corrected chi connectivity index (χ3v) is 7.82. The Morgan fingerprint density at radius 2 is 1.22 bits per heavy atom. The lowest BCUT2D eigenvalue weighted by molar-refractivity contribution is -0.415. The molecular formula is C24H50O7S. The molecule has 8 heteroatoms. The molecule has 1 unspecified atom stereocenters. The standard InChI is InChI=1S/C24H50O7S/c1-8-9-10-11-12-13-15-32-16-14-18(26)19(27)23(29,21(5,6)7)24(30,31)22(28,17-25)20(2,3)4/h18-19,25-31H,8-17H2,1-7H3/t18?,19-,22-,23-/m0/s1. The van der Waals surface area contributed by atoms with Gasteiger partial charge in [-0.05, 0) is 35.2 Å². The molecule has 4 atom stereocenters. The van der Waals surface area contributed by atoms with E-state index >= 15 is 0 Å². The summed E-state index contributed by atoms with van der Waals surface area (Å²) < 4.78 is 0. The smallest absolute Gasteiger partial charge is 0.228 e. The van der Waals surface area contributed by atoms with Gasteiger partial charge < -0.3 is 35.7 Å². The zero-order valence-corrected chi connectivity index (χ0v) is 22.1. The third kappa shape index (κ3) is 7.04. The molecule has 0 radical (unpaired) electrons. The Morgan fingerprint density at radius 3 is 1.66 bits per heavy atom. The molecule has 0 amide bonds. The molecule has 0 fully saturated rings. The van der Waals surface area contributed by atoms with E-state index in [1.165, 1.54) is 67.2 Å². The van der Waals surface area contributed by atoms with Crippen LogP contribution in [0.4, 0.5) is 0 Å². The van der Waals surface area contributed by atoms with E-state index in [0.717, 1.165) is 18.6 Å². The van der Waals surface area contributed by atoms with Gasteiger partial charge in [0.2, 0.25) is 5.79 Å². The van der Waals surface area contributed by atoms with Crippen LogP contribution < -0.4 is 0 Å². The normalized spacial score (nSPS) is 19.3. The second-order valence-electron chi connectivity index (χ2n) is 11.1. The van der Waals surface area contributed by atoms with Crippen molar-refractivity contribution in [3.8, 4) is 0 Å². The lowest BCUT2D eigenvalue weighted by Crippen LogP contribution is -2.80. The molecule has 0 heterocycles. The number of aliphatic hydroxyl groups is 7. The van der Waals surface area contributed by atoms with Crippen LogP contribution >= 0.6 is 11.8 Å². The first-order chi connectivity index (χ1) is 14.5. The fourth-order valence-corrected chi connectivity index (χ4v) is 5.11. The van der Waals surface area contributed by atoms with E-state index in [1.54, 1.807) is 11.8 Å². The molecule has 0 bridgehead atoms. The monoisotopic (exact) mass is 482 g/mol. The Morgan fingerprint density at radius 1 is 0.719 bits per heavy atom. The number of hydrogen-bond donors (Lipinski definition) is 7. The molecule has 0 saturated heterocycles. The Kier molecular flexibility index (Phi) is 12.7. The van der Waals surface area contributed by atoms with Gasteiger partial charge in [0.25, 0.3) is 0 Å². The van der Waals surface area contributed by atoms with Crippen molar-refractivity contribution in [2.24, 2.45) is 10.8 Å². The van der Waals surface area contributed by atoms with E-state index in [9.17, 15) is 35.7 Å². The molecule has 32 heavy (non-hydrogen) atoms. The molecule has 7 nitrogen and oxygen atoms in total. The molecule has 0 rings (SSSR count). The van der Waals surface area contributed by atoms with E-state index in [1.807, 2.05) is 0 Å². The largest absolute Gasteiger partial charge is 0.393 e. The van der Waals surface area contributed by atoms with Crippen molar-refractivity contribution < 1.29 is 35.7 Å². The number of aliphatic hydroxyl groups excluding tert-OH is 3. The van der Waals surface area contributed by atoms with Crippen LogP contribution in [0, 0.1) is 10.8 Å². The van der Waals surface area contributed by atoms with Crippen molar-refractivity contribution in [3.63, 3.8) is 0 Å². The summed E-state index contributed by atoms with van der Waals surface area (Å²) in [7, 11) is 0. The van der Waals surface area contributed by atoms with Crippen molar-refractivity contribution in [3.05, 3.63) is 0 Å². The summed E-state index contributed by atoms with van der Waals surface area (Å²) in [6.07, 6.45) is 3.85. The lowest BCUT2D eigenvalue weighted by Gasteiger charge is -2.59. The van der Waals surface area contributed by atoms with Gasteiger partial charge in [0.15, 0.2) is 5.60 Å². The Bertz CT molecular complexity index is 529. The maximum Gasteiger partial charge on any atom is 0.228 e. The Balaban J connectivity index is 5.32. The summed E-state index contributed by atoms with van der Waals surface area (Å²) in [4.78, 5) is 0. The van der Waals surface area contributed by atoms with Crippen molar-refractivity contribution in [1.82, 2.24) is 0 Å². The van der Waals surface area contributed by atoms with E-state index in [-0.39, 0.29) is 6.42 Å². The van der Waals surface area contributed by atoms with Crippen LogP contribution in [0.15, 0.2) is 0 Å². The fourth-order valence-electron chi connectivity index (χ4n) is 4.09. The van der Waals surface area contributed by atoms with Gasteiger partial charge in [-0.15, -0.1) is 0 Å². The number of thioether (sulfide) groups is 1. The molecule has 7 N–H and O–H groups in total. The topological polar surface area (TPSA) is 142 Å². The SMILES string of the molecule is CCCCCCCCSCCC(O)[C@H](O)[C@](O)(C(C)(C)C)C(O)(O)[C@](O)(CO)C(C)(C)C. The first-order valence-electron chi connectivity index (χ1n) is 11.9. The van der Waals surface area contributed by atoms with Crippen LogP contribution in [0.1, 0.15) is 93.4 Å². The van der Waals surface area contributed by atoms with Crippen LogP contribution in [0.5, 0.6) is 0 Å². The zero-order valence-electron chi connectivity index (χ0n) is 21.3. The van der Waals surface area contributed by atoms with Crippen LogP contribution in [0.2, 0.25) is 0 Å². The van der Waals surface area contributed by atoms with Crippen molar-refractivity contribution in [1.29, 1.82) is 0 Å². The highest BCUT2D eigenvalue weighted by molar-refractivity contribution is 7.99. The minimum Gasteiger partial charge on any atom is -0.393 e. The summed E-state index contributed by atoms with van der Waals surface area (Å²) in [5.74, 6) is -1.88. The van der Waals surface area contributed by atoms with Gasteiger partial charge >= 0.3 is 0 Å². The third-order valence-electron chi connectivity index (χ3n) is 6.71. The lowest BCUT2D eigenvalue weighted by atomic mass is 9.57. The molecule has 194 valence electrons. The second-order valence-corrected chi connectivity index (χ2v) is 12.4. The highest BCUT2D eigenvalue weighted by atomic mass is 32.2. The van der Waals surface area contributed by atoms with Gasteiger partial charge in [-0.25, -0.2) is 0 Å². The first-order valence-corrected chi connectivity index (χ1v) is 13.1.